The number of morpholine rings is 1. The second-order valence-electron chi connectivity index (χ2n) is 7.47. The average molecular weight is 500 g/mol. The first-order chi connectivity index (χ1) is 16.2. The summed E-state index contributed by atoms with van der Waals surface area (Å²) < 4.78 is 49.2. The maximum absolute atomic E-state index is 12.9. The summed E-state index contributed by atoms with van der Waals surface area (Å²) in [6.45, 7) is 2.83. The number of ether oxygens (including phenoxy) is 2. The fraction of sp³-hybridized carbons (Fsp3) is 0.409. The first-order valence-electron chi connectivity index (χ1n) is 10.4. The number of carbonyl (C=O) groups excluding carboxylic acids is 1. The number of nitro groups is 1. The minimum atomic E-state index is -4.69. The van der Waals surface area contributed by atoms with E-state index in [2.05, 4.69) is 10.2 Å². The lowest BCUT2D eigenvalue weighted by Gasteiger charge is -2.35. The van der Waals surface area contributed by atoms with Gasteiger partial charge in [-0.2, -0.15) is 13.2 Å². The molecule has 1 unspecified atom stereocenters. The second kappa shape index (κ2) is 11.5. The van der Waals surface area contributed by atoms with Crippen LogP contribution in [0, 0.1) is 10.1 Å². The zero-order chi connectivity index (χ0) is 24.7. The molecule has 1 saturated heterocycles. The normalized spacial score (nSPS) is 15.5. The number of nitro benzene ring substituents is 1. The van der Waals surface area contributed by atoms with E-state index in [0.717, 1.165) is 29.5 Å². The number of halogens is 3. The molecule has 0 saturated carbocycles. The van der Waals surface area contributed by atoms with Crippen LogP contribution in [0.4, 0.5) is 18.9 Å². The van der Waals surface area contributed by atoms with Gasteiger partial charge in [-0.1, -0.05) is 12.1 Å². The number of hydrogen-bond donors (Lipinski definition) is 1. The Morgan fingerprint density at radius 1 is 1.24 bits per heavy atom. The molecule has 12 heteroatoms. The van der Waals surface area contributed by atoms with Crippen molar-refractivity contribution in [1.29, 1.82) is 0 Å². The Morgan fingerprint density at radius 3 is 2.50 bits per heavy atom. The minimum Gasteiger partial charge on any atom is -0.497 e. The molecule has 2 aromatic carbocycles. The summed E-state index contributed by atoms with van der Waals surface area (Å²) in [5.74, 6) is 0.152. The van der Waals surface area contributed by atoms with Crippen molar-refractivity contribution in [1.82, 2.24) is 10.2 Å². The van der Waals surface area contributed by atoms with E-state index < -0.39 is 22.4 Å². The number of nitrogens with one attached hydrogen (secondary N) is 1. The Morgan fingerprint density at radius 2 is 1.91 bits per heavy atom. The van der Waals surface area contributed by atoms with Crippen molar-refractivity contribution in [3.05, 3.63) is 63.7 Å². The van der Waals surface area contributed by atoms with Crippen molar-refractivity contribution >= 4 is 23.4 Å². The van der Waals surface area contributed by atoms with Crippen LogP contribution in [0.1, 0.15) is 17.2 Å². The average Bonchev–Trinajstić information content (AvgIpc) is 2.83. The number of alkyl halides is 3. The third-order valence-electron chi connectivity index (χ3n) is 5.32. The van der Waals surface area contributed by atoms with E-state index in [9.17, 15) is 28.1 Å². The summed E-state index contributed by atoms with van der Waals surface area (Å²) in [5, 5.41) is 14.1. The van der Waals surface area contributed by atoms with Crippen LogP contribution < -0.4 is 10.1 Å². The smallest absolute Gasteiger partial charge is 0.416 e. The predicted octanol–water partition coefficient (Wildman–Crippen LogP) is 3.90. The van der Waals surface area contributed by atoms with E-state index in [1.807, 2.05) is 24.3 Å². The van der Waals surface area contributed by atoms with Crippen LogP contribution in [-0.4, -0.2) is 61.4 Å². The third kappa shape index (κ3) is 6.84. The Balaban J connectivity index is 1.65. The Hall–Kier alpha value is -2.83. The topological polar surface area (TPSA) is 93.9 Å². The zero-order valence-electron chi connectivity index (χ0n) is 18.3. The van der Waals surface area contributed by atoms with Crippen LogP contribution in [0.3, 0.4) is 0 Å². The van der Waals surface area contributed by atoms with E-state index in [-0.39, 0.29) is 22.6 Å². The number of nitrogens with zero attached hydrogens (tertiary/aromatic N) is 2. The Kier molecular flexibility index (Phi) is 8.75. The van der Waals surface area contributed by atoms with Crippen molar-refractivity contribution in [3.8, 4) is 5.75 Å². The number of carbonyl (C=O) groups is 1. The maximum atomic E-state index is 12.9. The molecule has 0 aliphatic carbocycles. The van der Waals surface area contributed by atoms with Crippen molar-refractivity contribution in [2.45, 2.75) is 17.1 Å². The monoisotopic (exact) mass is 499 g/mol. The zero-order valence-corrected chi connectivity index (χ0v) is 19.2. The summed E-state index contributed by atoms with van der Waals surface area (Å²) in [6, 6.07) is 9.67. The van der Waals surface area contributed by atoms with Gasteiger partial charge in [0.2, 0.25) is 5.91 Å². The molecule has 0 spiro atoms. The van der Waals surface area contributed by atoms with Crippen LogP contribution in [0.25, 0.3) is 0 Å². The number of amides is 1. The molecule has 34 heavy (non-hydrogen) atoms. The Labute approximate surface area is 198 Å². The Bertz CT molecular complexity index is 998. The maximum Gasteiger partial charge on any atom is 0.416 e. The summed E-state index contributed by atoms with van der Waals surface area (Å²) in [6.07, 6.45) is -4.69. The van der Waals surface area contributed by atoms with Gasteiger partial charge in [0, 0.05) is 25.7 Å². The second-order valence-corrected chi connectivity index (χ2v) is 8.48. The van der Waals surface area contributed by atoms with Gasteiger partial charge in [0.25, 0.3) is 5.69 Å². The van der Waals surface area contributed by atoms with Gasteiger partial charge in [0.15, 0.2) is 0 Å². The van der Waals surface area contributed by atoms with E-state index in [1.54, 1.807) is 7.11 Å². The highest BCUT2D eigenvalue weighted by molar-refractivity contribution is 8.00. The van der Waals surface area contributed by atoms with Gasteiger partial charge in [0.05, 0.1) is 47.5 Å². The SMILES string of the molecule is COc1ccc(C(CNC(=O)CSc2ccc(C(F)(F)F)cc2[N+](=O)[O-])N2CCOCC2)cc1. The molecule has 2 aromatic rings. The van der Waals surface area contributed by atoms with Crippen LogP contribution in [-0.2, 0) is 15.7 Å². The van der Waals surface area contributed by atoms with Gasteiger partial charge >= 0.3 is 6.18 Å². The van der Waals surface area contributed by atoms with Crippen LogP contribution in [0.15, 0.2) is 47.4 Å². The highest BCUT2D eigenvalue weighted by Gasteiger charge is 2.33. The fourth-order valence-corrected chi connectivity index (χ4v) is 4.37. The summed E-state index contributed by atoms with van der Waals surface area (Å²) in [7, 11) is 1.58. The summed E-state index contributed by atoms with van der Waals surface area (Å²) in [5.41, 5.74) is -0.813. The molecule has 8 nitrogen and oxygen atoms in total. The lowest BCUT2D eigenvalue weighted by Crippen LogP contribution is -2.44. The minimum absolute atomic E-state index is 0.00645. The largest absolute Gasteiger partial charge is 0.497 e. The summed E-state index contributed by atoms with van der Waals surface area (Å²) in [4.78, 5) is 25.0. The van der Waals surface area contributed by atoms with Crippen LogP contribution in [0.5, 0.6) is 5.75 Å². The molecule has 3 rings (SSSR count). The van der Waals surface area contributed by atoms with Crippen LogP contribution >= 0.6 is 11.8 Å². The molecule has 1 fully saturated rings. The molecular weight excluding hydrogens is 475 g/mol. The van der Waals surface area contributed by atoms with Gasteiger partial charge in [0.1, 0.15) is 5.75 Å². The highest BCUT2D eigenvalue weighted by Crippen LogP contribution is 2.36. The van der Waals surface area contributed by atoms with Gasteiger partial charge < -0.3 is 14.8 Å². The van der Waals surface area contributed by atoms with E-state index in [4.69, 9.17) is 9.47 Å². The molecule has 0 radical (unpaired) electrons. The molecule has 184 valence electrons. The molecular formula is C22H24F3N3O5S. The van der Waals surface area contributed by atoms with Gasteiger partial charge in [-0.3, -0.25) is 19.8 Å². The molecule has 1 aliphatic heterocycles. The number of benzene rings is 2. The quantitative estimate of drug-likeness (QED) is 0.318. The number of methoxy groups -OCH3 is 1. The van der Waals surface area contributed by atoms with Crippen molar-refractivity contribution in [2.24, 2.45) is 0 Å². The molecule has 1 atom stereocenters. The number of hydrogen-bond acceptors (Lipinski definition) is 7. The first-order valence-corrected chi connectivity index (χ1v) is 11.4. The first kappa shape index (κ1) is 25.8. The number of thioether (sulfide) groups is 1. The molecule has 0 aromatic heterocycles. The fourth-order valence-electron chi connectivity index (χ4n) is 3.54. The lowest BCUT2D eigenvalue weighted by molar-refractivity contribution is -0.388. The van der Waals surface area contributed by atoms with Crippen molar-refractivity contribution in [3.63, 3.8) is 0 Å². The van der Waals surface area contributed by atoms with Crippen molar-refractivity contribution < 1.29 is 32.4 Å². The molecule has 1 heterocycles. The molecule has 1 N–H and O–H groups in total. The van der Waals surface area contributed by atoms with Gasteiger partial charge in [-0.15, -0.1) is 11.8 Å². The molecule has 1 amide bonds. The predicted molar refractivity (Wildman–Crippen MR) is 120 cm³/mol. The standard InChI is InChI=1S/C22H24F3N3O5S/c1-32-17-5-2-15(3-6-17)19(27-8-10-33-11-9-27)13-26-21(29)14-34-20-7-4-16(22(23,24)25)12-18(20)28(30)31/h2-7,12,19H,8-11,13-14H2,1H3,(H,26,29). The van der Waals surface area contributed by atoms with Crippen molar-refractivity contribution in [2.75, 3.05) is 45.7 Å². The van der Waals surface area contributed by atoms with Gasteiger partial charge in [-0.05, 0) is 29.8 Å². The summed E-state index contributed by atoms with van der Waals surface area (Å²) >= 11 is 0.820. The third-order valence-corrected chi connectivity index (χ3v) is 6.38. The number of rotatable bonds is 9. The molecule has 0 bridgehead atoms. The van der Waals surface area contributed by atoms with E-state index >= 15 is 0 Å². The molecule has 1 aliphatic rings. The van der Waals surface area contributed by atoms with E-state index in [1.165, 1.54) is 0 Å². The lowest BCUT2D eigenvalue weighted by atomic mass is 10.0. The highest BCUT2D eigenvalue weighted by atomic mass is 32.2. The van der Waals surface area contributed by atoms with Crippen LogP contribution in [0.2, 0.25) is 0 Å². The van der Waals surface area contributed by atoms with E-state index in [0.29, 0.717) is 44.7 Å². The van der Waals surface area contributed by atoms with Gasteiger partial charge in [-0.25, -0.2) is 0 Å².